The van der Waals surface area contributed by atoms with Crippen molar-refractivity contribution in [3.05, 3.63) is 41.7 Å². The molecular formula is C13H17N5O. The van der Waals surface area contributed by atoms with Gasteiger partial charge in [0.1, 0.15) is 6.54 Å². The number of amides is 1. The molecule has 0 unspecified atom stereocenters. The van der Waals surface area contributed by atoms with E-state index in [1.54, 1.807) is 6.20 Å². The normalized spacial score (nSPS) is 10.4. The molecule has 3 N–H and O–H groups in total. The van der Waals surface area contributed by atoms with Gasteiger partial charge in [0.05, 0.1) is 11.9 Å². The first-order valence-corrected chi connectivity index (χ1v) is 6.19. The molecule has 0 aliphatic rings. The lowest BCUT2D eigenvalue weighted by Gasteiger charge is -2.06. The van der Waals surface area contributed by atoms with E-state index in [2.05, 4.69) is 22.6 Å². The largest absolute Gasteiger partial charge is 0.325 e. The zero-order valence-corrected chi connectivity index (χ0v) is 10.8. The number of anilines is 1. The van der Waals surface area contributed by atoms with Crippen molar-refractivity contribution in [3.8, 4) is 0 Å². The molecule has 1 amide bonds. The number of rotatable bonds is 5. The van der Waals surface area contributed by atoms with E-state index >= 15 is 0 Å². The molecule has 2 aromatic rings. The van der Waals surface area contributed by atoms with Crippen LogP contribution in [0.25, 0.3) is 0 Å². The average Bonchev–Trinajstić information content (AvgIpc) is 2.86. The zero-order valence-electron chi connectivity index (χ0n) is 10.8. The molecule has 19 heavy (non-hydrogen) atoms. The summed E-state index contributed by atoms with van der Waals surface area (Å²) in [5.41, 5.74) is 8.08. The van der Waals surface area contributed by atoms with Crippen LogP contribution in [0.15, 0.2) is 30.5 Å². The van der Waals surface area contributed by atoms with Crippen molar-refractivity contribution >= 4 is 11.6 Å². The number of carbonyl (C=O) groups excluding carboxylic acids is 1. The number of nitrogens with one attached hydrogen (secondary N) is 1. The number of hydrogen-bond acceptors (Lipinski definition) is 4. The minimum absolute atomic E-state index is 0.128. The summed E-state index contributed by atoms with van der Waals surface area (Å²) in [6.07, 6.45) is 2.61. The van der Waals surface area contributed by atoms with Crippen LogP contribution in [0, 0.1) is 0 Å². The summed E-state index contributed by atoms with van der Waals surface area (Å²) < 4.78 is 1.47. The third-order valence-corrected chi connectivity index (χ3v) is 2.72. The second-order valence-corrected chi connectivity index (χ2v) is 4.21. The van der Waals surface area contributed by atoms with Crippen molar-refractivity contribution in [1.82, 2.24) is 15.0 Å². The Morgan fingerprint density at radius 3 is 3.00 bits per heavy atom. The van der Waals surface area contributed by atoms with Gasteiger partial charge >= 0.3 is 0 Å². The minimum atomic E-state index is -0.137. The average molecular weight is 259 g/mol. The molecule has 0 atom stereocenters. The Bertz CT molecular complexity index is 564. The number of aromatic nitrogens is 3. The first-order valence-electron chi connectivity index (χ1n) is 6.19. The predicted octanol–water partition coefficient (Wildman–Crippen LogP) is 0.938. The summed E-state index contributed by atoms with van der Waals surface area (Å²) in [7, 11) is 0. The van der Waals surface area contributed by atoms with Crippen molar-refractivity contribution < 1.29 is 4.79 Å². The van der Waals surface area contributed by atoms with Gasteiger partial charge in [-0.1, -0.05) is 24.3 Å². The van der Waals surface area contributed by atoms with Gasteiger partial charge < -0.3 is 11.1 Å². The summed E-state index contributed by atoms with van der Waals surface area (Å²) in [6, 6.07) is 7.78. The fraction of sp³-hybridized carbons (Fsp3) is 0.308. The van der Waals surface area contributed by atoms with Gasteiger partial charge in [0.2, 0.25) is 5.91 Å². The maximum Gasteiger partial charge on any atom is 0.246 e. The number of aryl methyl sites for hydroxylation is 1. The Labute approximate surface area is 111 Å². The molecule has 0 spiro atoms. The van der Waals surface area contributed by atoms with Gasteiger partial charge in [0.25, 0.3) is 0 Å². The molecule has 2 rings (SSSR count). The Kier molecular flexibility index (Phi) is 4.25. The molecule has 0 saturated heterocycles. The van der Waals surface area contributed by atoms with E-state index in [0.29, 0.717) is 12.2 Å². The number of hydrogen-bond donors (Lipinski definition) is 2. The highest BCUT2D eigenvalue weighted by atomic mass is 16.2. The lowest BCUT2D eigenvalue weighted by atomic mass is 10.1. The predicted molar refractivity (Wildman–Crippen MR) is 72.4 cm³/mol. The first-order chi connectivity index (χ1) is 9.21. The van der Waals surface area contributed by atoms with Crippen LogP contribution in [-0.2, 0) is 24.3 Å². The lowest BCUT2D eigenvalue weighted by Crippen LogP contribution is -2.19. The van der Waals surface area contributed by atoms with Crippen LogP contribution in [0.5, 0.6) is 0 Å². The van der Waals surface area contributed by atoms with Gasteiger partial charge in [-0.05, 0) is 24.1 Å². The van der Waals surface area contributed by atoms with Crippen LogP contribution < -0.4 is 11.1 Å². The SMILES string of the molecule is CCc1cccc(NC(=O)Cn2cc(CN)nn2)c1. The minimum Gasteiger partial charge on any atom is -0.325 e. The van der Waals surface area contributed by atoms with Crippen LogP contribution >= 0.6 is 0 Å². The number of nitrogens with zero attached hydrogens (tertiary/aromatic N) is 3. The zero-order chi connectivity index (χ0) is 13.7. The van der Waals surface area contributed by atoms with Gasteiger partial charge in [-0.3, -0.25) is 4.79 Å². The summed E-state index contributed by atoms with van der Waals surface area (Å²) in [4.78, 5) is 11.8. The van der Waals surface area contributed by atoms with Crippen LogP contribution in [-0.4, -0.2) is 20.9 Å². The van der Waals surface area contributed by atoms with E-state index in [1.807, 2.05) is 24.3 Å². The maximum atomic E-state index is 11.8. The van der Waals surface area contributed by atoms with Crippen molar-refractivity contribution in [2.45, 2.75) is 26.4 Å². The fourth-order valence-electron chi connectivity index (χ4n) is 1.73. The van der Waals surface area contributed by atoms with Gasteiger partial charge in [0.15, 0.2) is 0 Å². The van der Waals surface area contributed by atoms with Gasteiger partial charge in [-0.15, -0.1) is 5.10 Å². The molecule has 0 bridgehead atoms. The van der Waals surface area contributed by atoms with E-state index in [0.717, 1.165) is 12.1 Å². The first kappa shape index (κ1) is 13.2. The Hall–Kier alpha value is -2.21. The smallest absolute Gasteiger partial charge is 0.246 e. The van der Waals surface area contributed by atoms with Crippen LogP contribution in [0.4, 0.5) is 5.69 Å². The monoisotopic (exact) mass is 259 g/mol. The molecule has 0 saturated carbocycles. The van der Waals surface area contributed by atoms with Crippen LogP contribution in [0.3, 0.4) is 0 Å². The number of benzene rings is 1. The van der Waals surface area contributed by atoms with Crippen molar-refractivity contribution in [1.29, 1.82) is 0 Å². The molecule has 0 radical (unpaired) electrons. The summed E-state index contributed by atoms with van der Waals surface area (Å²) in [5, 5.41) is 10.5. The van der Waals surface area contributed by atoms with Crippen molar-refractivity contribution in [3.63, 3.8) is 0 Å². The van der Waals surface area contributed by atoms with E-state index in [9.17, 15) is 4.79 Å². The highest BCUT2D eigenvalue weighted by molar-refractivity contribution is 5.90. The second-order valence-electron chi connectivity index (χ2n) is 4.21. The Balaban J connectivity index is 1.96. The Morgan fingerprint density at radius 2 is 2.32 bits per heavy atom. The summed E-state index contributed by atoms with van der Waals surface area (Å²) >= 11 is 0. The lowest BCUT2D eigenvalue weighted by molar-refractivity contribution is -0.116. The number of nitrogens with two attached hydrogens (primary N) is 1. The van der Waals surface area contributed by atoms with Gasteiger partial charge in [-0.25, -0.2) is 4.68 Å². The van der Waals surface area contributed by atoms with E-state index < -0.39 is 0 Å². The van der Waals surface area contributed by atoms with Crippen LogP contribution in [0.2, 0.25) is 0 Å². The van der Waals surface area contributed by atoms with Crippen LogP contribution in [0.1, 0.15) is 18.2 Å². The molecule has 6 nitrogen and oxygen atoms in total. The standard InChI is InChI=1S/C13H17N5O/c1-2-10-4-3-5-11(6-10)15-13(19)9-18-8-12(7-14)16-17-18/h3-6,8H,2,7,9,14H2,1H3,(H,15,19). The number of carbonyl (C=O) groups is 1. The van der Waals surface area contributed by atoms with E-state index in [-0.39, 0.29) is 12.5 Å². The molecule has 0 aliphatic heterocycles. The highest BCUT2D eigenvalue weighted by Gasteiger charge is 2.06. The molecular weight excluding hydrogens is 242 g/mol. The van der Waals surface area contributed by atoms with Gasteiger partial charge in [0, 0.05) is 12.2 Å². The summed E-state index contributed by atoms with van der Waals surface area (Å²) in [6.45, 7) is 2.52. The molecule has 0 fully saturated rings. The fourth-order valence-corrected chi connectivity index (χ4v) is 1.73. The van der Waals surface area contributed by atoms with E-state index in [1.165, 1.54) is 10.2 Å². The topological polar surface area (TPSA) is 85.8 Å². The molecule has 100 valence electrons. The highest BCUT2D eigenvalue weighted by Crippen LogP contribution is 2.11. The quantitative estimate of drug-likeness (QED) is 0.836. The van der Waals surface area contributed by atoms with E-state index in [4.69, 9.17) is 5.73 Å². The summed E-state index contributed by atoms with van der Waals surface area (Å²) in [5.74, 6) is -0.137. The van der Waals surface area contributed by atoms with Gasteiger partial charge in [-0.2, -0.15) is 0 Å². The van der Waals surface area contributed by atoms with Crippen molar-refractivity contribution in [2.75, 3.05) is 5.32 Å². The molecule has 6 heteroatoms. The molecule has 1 heterocycles. The molecule has 0 aliphatic carbocycles. The third-order valence-electron chi connectivity index (χ3n) is 2.72. The third kappa shape index (κ3) is 3.62. The molecule has 1 aromatic heterocycles. The second kappa shape index (κ2) is 6.10. The maximum absolute atomic E-state index is 11.8. The molecule has 1 aromatic carbocycles. The Morgan fingerprint density at radius 1 is 1.47 bits per heavy atom. The van der Waals surface area contributed by atoms with Crippen molar-refractivity contribution in [2.24, 2.45) is 5.73 Å².